The molecule has 0 unspecified atom stereocenters. The van der Waals surface area contributed by atoms with E-state index in [4.69, 9.17) is 14.7 Å². The molecule has 34 heavy (non-hydrogen) atoms. The predicted octanol–water partition coefficient (Wildman–Crippen LogP) is 3.30. The highest BCUT2D eigenvalue weighted by atomic mass is 32.2. The van der Waals surface area contributed by atoms with Crippen molar-refractivity contribution in [2.24, 2.45) is 0 Å². The minimum absolute atomic E-state index is 0.110. The third-order valence-electron chi connectivity index (χ3n) is 5.62. The van der Waals surface area contributed by atoms with Crippen molar-refractivity contribution in [1.82, 2.24) is 29.9 Å². The molecule has 1 aliphatic rings. The molecular weight excluding hydrogens is 494 g/mol. The summed E-state index contributed by atoms with van der Waals surface area (Å²) in [5.74, 6) is 1.41. The van der Waals surface area contributed by atoms with E-state index in [0.29, 0.717) is 30.4 Å². The Hall–Kier alpha value is -3.00. The van der Waals surface area contributed by atoms with Gasteiger partial charge in [0.1, 0.15) is 0 Å². The van der Waals surface area contributed by atoms with Gasteiger partial charge < -0.3 is 14.6 Å². The molecule has 5 aromatic heterocycles. The minimum atomic E-state index is -3.37. The Kier molecular flexibility index (Phi) is 5.09. The minimum Gasteiger partial charge on any atom is -0.378 e. The number of hydrogen-bond acceptors (Lipinski definition) is 11. The largest absolute Gasteiger partial charge is 0.378 e. The molecule has 0 amide bonds. The molecule has 1 aliphatic heterocycles. The van der Waals surface area contributed by atoms with Crippen LogP contribution in [-0.4, -0.2) is 70.9 Å². The van der Waals surface area contributed by atoms with Crippen molar-refractivity contribution in [2.75, 3.05) is 37.5 Å². The highest BCUT2D eigenvalue weighted by molar-refractivity contribution is 7.92. The summed E-state index contributed by atoms with van der Waals surface area (Å²) in [5.41, 5.74) is 4.64. The number of fused-ring (bicyclic) bond motifs is 2. The third kappa shape index (κ3) is 3.64. The van der Waals surface area contributed by atoms with Gasteiger partial charge in [-0.1, -0.05) is 0 Å². The maximum atomic E-state index is 12.0. The standard InChI is InChI=1S/C21H19N7O3S3/c1-11-15-17(33-16(11)14-9-32-21(25-14)34(2,29)30)20(28-3-5-31-6-4-28)27-18(26-15)12-7-13-19(22-8-12)24-10-23-13/h7-10H,3-6H2,1-2H3,(H,22,23,24). The fourth-order valence-electron chi connectivity index (χ4n) is 3.92. The van der Waals surface area contributed by atoms with Crippen molar-refractivity contribution in [3.05, 3.63) is 29.5 Å². The fraction of sp³-hybridized carbons (Fsp3) is 0.286. The van der Waals surface area contributed by atoms with E-state index >= 15 is 0 Å². The van der Waals surface area contributed by atoms with Crippen molar-refractivity contribution < 1.29 is 13.2 Å². The summed E-state index contributed by atoms with van der Waals surface area (Å²) in [6.45, 7) is 4.70. The number of imidazole rings is 1. The molecule has 0 aliphatic carbocycles. The first-order valence-electron chi connectivity index (χ1n) is 10.5. The van der Waals surface area contributed by atoms with Crippen LogP contribution >= 0.6 is 22.7 Å². The SMILES string of the molecule is Cc1c(-c2csc(S(C)(=O)=O)n2)sc2c(N3CCOCC3)nc(-c3cnc4nc[nH]c4c3)nc12. The number of ether oxygens (including phenoxy) is 1. The molecule has 0 saturated carbocycles. The van der Waals surface area contributed by atoms with Crippen LogP contribution in [-0.2, 0) is 14.6 Å². The van der Waals surface area contributed by atoms with Crippen molar-refractivity contribution in [2.45, 2.75) is 11.3 Å². The highest BCUT2D eigenvalue weighted by Crippen LogP contribution is 2.42. The van der Waals surface area contributed by atoms with Gasteiger partial charge in [-0.25, -0.2) is 33.3 Å². The number of rotatable bonds is 4. The van der Waals surface area contributed by atoms with E-state index < -0.39 is 9.84 Å². The molecule has 13 heteroatoms. The summed E-state index contributed by atoms with van der Waals surface area (Å²) >= 11 is 2.67. The van der Waals surface area contributed by atoms with Gasteiger partial charge in [-0.2, -0.15) is 0 Å². The lowest BCUT2D eigenvalue weighted by Crippen LogP contribution is -2.36. The topological polar surface area (TPSA) is 127 Å². The zero-order valence-corrected chi connectivity index (χ0v) is 20.7. The summed E-state index contributed by atoms with van der Waals surface area (Å²) in [6.07, 6.45) is 4.51. The Labute approximate surface area is 202 Å². The Balaban J connectivity index is 1.56. The Morgan fingerprint density at radius 2 is 1.97 bits per heavy atom. The number of thiophene rings is 1. The Morgan fingerprint density at radius 1 is 1.15 bits per heavy atom. The number of aromatic amines is 1. The van der Waals surface area contributed by atoms with Gasteiger partial charge in [0, 0.05) is 36.5 Å². The van der Waals surface area contributed by atoms with E-state index in [1.165, 1.54) is 17.6 Å². The first kappa shape index (κ1) is 21.5. The van der Waals surface area contributed by atoms with Gasteiger partial charge in [0.05, 0.1) is 45.8 Å². The Morgan fingerprint density at radius 3 is 2.74 bits per heavy atom. The summed E-state index contributed by atoms with van der Waals surface area (Å²) in [7, 11) is -3.37. The zero-order chi connectivity index (χ0) is 23.4. The van der Waals surface area contributed by atoms with Gasteiger partial charge in [0.2, 0.25) is 14.2 Å². The molecule has 1 saturated heterocycles. The average Bonchev–Trinajstić information content (AvgIpc) is 3.57. The van der Waals surface area contributed by atoms with Gasteiger partial charge in [-0.05, 0) is 18.6 Å². The number of nitrogens with one attached hydrogen (secondary N) is 1. The first-order chi connectivity index (χ1) is 16.4. The van der Waals surface area contributed by atoms with Crippen LogP contribution in [0.5, 0.6) is 0 Å². The maximum Gasteiger partial charge on any atom is 0.209 e. The second kappa shape index (κ2) is 8.05. The number of aromatic nitrogens is 6. The molecule has 6 rings (SSSR count). The van der Waals surface area contributed by atoms with E-state index in [-0.39, 0.29) is 4.34 Å². The van der Waals surface area contributed by atoms with Gasteiger partial charge in [0.25, 0.3) is 0 Å². The molecule has 0 radical (unpaired) electrons. The number of nitrogens with zero attached hydrogens (tertiary/aromatic N) is 6. The van der Waals surface area contributed by atoms with Crippen molar-refractivity contribution in [1.29, 1.82) is 0 Å². The third-order valence-corrected chi connectivity index (χ3v) is 9.48. The smallest absolute Gasteiger partial charge is 0.209 e. The number of pyridine rings is 1. The molecule has 1 N–H and O–H groups in total. The van der Waals surface area contributed by atoms with Crippen molar-refractivity contribution in [3.63, 3.8) is 0 Å². The van der Waals surface area contributed by atoms with E-state index in [0.717, 1.165) is 62.0 Å². The van der Waals surface area contributed by atoms with Crippen LogP contribution in [0.2, 0.25) is 0 Å². The number of anilines is 1. The van der Waals surface area contributed by atoms with Crippen LogP contribution in [0.25, 0.3) is 43.3 Å². The summed E-state index contributed by atoms with van der Waals surface area (Å²) in [5, 5.41) is 1.78. The normalized spacial score (nSPS) is 14.9. The van der Waals surface area contributed by atoms with E-state index in [2.05, 4.69) is 24.8 Å². The number of hydrogen-bond donors (Lipinski definition) is 1. The molecule has 6 heterocycles. The van der Waals surface area contributed by atoms with Crippen LogP contribution in [0.4, 0.5) is 5.82 Å². The second-order valence-electron chi connectivity index (χ2n) is 7.97. The molecule has 0 aromatic carbocycles. The molecule has 0 spiro atoms. The lowest BCUT2D eigenvalue weighted by Gasteiger charge is -2.28. The molecule has 0 bridgehead atoms. The monoisotopic (exact) mass is 513 g/mol. The number of H-pyrrole nitrogens is 1. The first-order valence-corrected chi connectivity index (χ1v) is 14.1. The van der Waals surface area contributed by atoms with Crippen LogP contribution in [0.3, 0.4) is 0 Å². The van der Waals surface area contributed by atoms with Gasteiger partial charge in [-0.3, -0.25) is 0 Å². The number of morpholine rings is 1. The van der Waals surface area contributed by atoms with E-state index in [1.54, 1.807) is 17.9 Å². The lowest BCUT2D eigenvalue weighted by atomic mass is 10.2. The molecule has 1 fully saturated rings. The van der Waals surface area contributed by atoms with Crippen LogP contribution in [0.15, 0.2) is 28.3 Å². The van der Waals surface area contributed by atoms with Gasteiger partial charge >= 0.3 is 0 Å². The quantitative estimate of drug-likeness (QED) is 0.385. The molecule has 10 nitrogen and oxygen atoms in total. The predicted molar refractivity (Wildman–Crippen MR) is 132 cm³/mol. The summed E-state index contributed by atoms with van der Waals surface area (Å²) in [4.78, 5) is 29.1. The Bertz CT molecular complexity index is 1650. The number of thiazole rings is 1. The number of sulfone groups is 1. The van der Waals surface area contributed by atoms with Crippen LogP contribution in [0, 0.1) is 6.92 Å². The van der Waals surface area contributed by atoms with Gasteiger partial charge in [0.15, 0.2) is 17.3 Å². The average molecular weight is 514 g/mol. The van der Waals surface area contributed by atoms with Crippen LogP contribution < -0.4 is 4.90 Å². The van der Waals surface area contributed by atoms with E-state index in [9.17, 15) is 8.42 Å². The summed E-state index contributed by atoms with van der Waals surface area (Å²) in [6, 6.07) is 1.95. The van der Waals surface area contributed by atoms with Crippen molar-refractivity contribution in [3.8, 4) is 22.0 Å². The van der Waals surface area contributed by atoms with Crippen molar-refractivity contribution >= 4 is 59.7 Å². The zero-order valence-electron chi connectivity index (χ0n) is 18.3. The lowest BCUT2D eigenvalue weighted by molar-refractivity contribution is 0.122. The molecular formula is C21H19N7O3S3. The fourth-order valence-corrected chi connectivity index (χ4v) is 6.86. The molecule has 174 valence electrons. The second-order valence-corrected chi connectivity index (χ2v) is 12.0. The summed E-state index contributed by atoms with van der Waals surface area (Å²) < 4.78 is 30.5. The van der Waals surface area contributed by atoms with E-state index in [1.807, 2.05) is 13.0 Å². The van der Waals surface area contributed by atoms with Crippen LogP contribution in [0.1, 0.15) is 5.56 Å². The van der Waals surface area contributed by atoms with Gasteiger partial charge in [-0.15, -0.1) is 22.7 Å². The molecule has 5 aromatic rings. The molecule has 0 atom stereocenters. The maximum absolute atomic E-state index is 12.0. The number of aryl methyl sites for hydroxylation is 1. The highest BCUT2D eigenvalue weighted by Gasteiger charge is 2.24.